The molecule has 0 bridgehead atoms. The van der Waals surface area contributed by atoms with Crippen LogP contribution in [0.5, 0.6) is 0 Å². The number of halogens is 2. The Morgan fingerprint density at radius 3 is 2.71 bits per heavy atom. The largest absolute Gasteiger partial charge is 0.322 e. The van der Waals surface area contributed by atoms with Gasteiger partial charge in [-0.3, -0.25) is 0 Å². The molecular weight excluding hydrogens is 319 g/mol. The van der Waals surface area contributed by atoms with Crippen molar-refractivity contribution in [1.82, 2.24) is 4.90 Å². The first kappa shape index (κ1) is 16.0. The number of sulfone groups is 1. The van der Waals surface area contributed by atoms with Gasteiger partial charge in [-0.2, -0.15) is 0 Å². The molecule has 0 aliphatic carbocycles. The average Bonchev–Trinajstić information content (AvgIpc) is 2.40. The lowest BCUT2D eigenvalue weighted by atomic mass is 10.2. The number of carbonyl (C=O) groups excluding carboxylic acids is 1. The minimum Gasteiger partial charge on any atom is -0.320 e. The van der Waals surface area contributed by atoms with Crippen molar-refractivity contribution in [1.29, 1.82) is 0 Å². The first-order valence-electron chi connectivity index (χ1n) is 6.46. The van der Waals surface area contributed by atoms with E-state index in [0.29, 0.717) is 0 Å². The molecule has 1 aliphatic rings. The summed E-state index contributed by atoms with van der Waals surface area (Å²) in [5.74, 6) is -0.696. The molecule has 1 saturated heterocycles. The minimum absolute atomic E-state index is 0.0287. The van der Waals surface area contributed by atoms with Gasteiger partial charge in [0.15, 0.2) is 9.84 Å². The van der Waals surface area contributed by atoms with Crippen molar-refractivity contribution in [3.05, 3.63) is 29.0 Å². The number of amides is 2. The average molecular weight is 335 g/mol. The van der Waals surface area contributed by atoms with Crippen LogP contribution in [0, 0.1) is 5.82 Å². The number of nitrogens with one attached hydrogen (secondary N) is 1. The molecule has 8 heteroatoms. The Morgan fingerprint density at radius 1 is 1.43 bits per heavy atom. The number of hydrogen-bond acceptors (Lipinski definition) is 3. The van der Waals surface area contributed by atoms with Gasteiger partial charge in [0.2, 0.25) is 0 Å². The summed E-state index contributed by atoms with van der Waals surface area (Å²) in [5.41, 5.74) is 0.273. The molecule has 0 unspecified atom stereocenters. The monoisotopic (exact) mass is 334 g/mol. The Balaban J connectivity index is 2.12. The number of rotatable bonds is 1. The normalized spacial score (nSPS) is 24.7. The predicted molar refractivity (Wildman–Crippen MR) is 79.8 cm³/mol. The maximum Gasteiger partial charge on any atom is 0.322 e. The summed E-state index contributed by atoms with van der Waals surface area (Å²) in [5, 5.41) is 1.90. The Morgan fingerprint density at radius 2 is 2.10 bits per heavy atom. The lowest BCUT2D eigenvalue weighted by molar-refractivity contribution is 0.191. The van der Waals surface area contributed by atoms with E-state index in [9.17, 15) is 17.6 Å². The van der Waals surface area contributed by atoms with Crippen molar-refractivity contribution >= 4 is 33.2 Å². The third-order valence-electron chi connectivity index (χ3n) is 3.79. The van der Waals surface area contributed by atoms with E-state index < -0.39 is 33.0 Å². The number of nitrogens with zero attached hydrogens (tertiary/aromatic N) is 1. The van der Waals surface area contributed by atoms with E-state index in [0.717, 1.165) is 6.07 Å². The minimum atomic E-state index is -3.16. The van der Waals surface area contributed by atoms with E-state index in [1.807, 2.05) is 0 Å². The molecule has 0 spiro atoms. The van der Waals surface area contributed by atoms with Crippen LogP contribution in [0.15, 0.2) is 18.2 Å². The zero-order valence-electron chi connectivity index (χ0n) is 11.6. The van der Waals surface area contributed by atoms with Crippen molar-refractivity contribution in [3.63, 3.8) is 0 Å². The number of urea groups is 1. The van der Waals surface area contributed by atoms with Crippen LogP contribution in [-0.2, 0) is 9.84 Å². The van der Waals surface area contributed by atoms with Crippen molar-refractivity contribution in [2.75, 3.05) is 17.6 Å². The van der Waals surface area contributed by atoms with Crippen LogP contribution in [0.1, 0.15) is 13.8 Å². The fraction of sp³-hybridized carbons (Fsp3) is 0.462. The van der Waals surface area contributed by atoms with Crippen LogP contribution in [0.4, 0.5) is 14.9 Å². The molecular formula is C13H16ClFN2O3S. The zero-order valence-corrected chi connectivity index (χ0v) is 13.2. The Kier molecular flexibility index (Phi) is 4.43. The van der Waals surface area contributed by atoms with Crippen LogP contribution >= 0.6 is 11.6 Å². The van der Waals surface area contributed by atoms with Gasteiger partial charge in [0.1, 0.15) is 5.82 Å². The lowest BCUT2D eigenvalue weighted by Gasteiger charge is -2.37. The fourth-order valence-corrected chi connectivity index (χ4v) is 3.91. The summed E-state index contributed by atoms with van der Waals surface area (Å²) in [4.78, 5) is 13.6. The number of hydrogen-bond donors (Lipinski definition) is 1. The highest BCUT2D eigenvalue weighted by Crippen LogP contribution is 2.22. The molecule has 2 rings (SSSR count). The molecule has 1 aromatic carbocycles. The highest BCUT2D eigenvalue weighted by Gasteiger charge is 2.38. The van der Waals surface area contributed by atoms with Crippen LogP contribution in [0.3, 0.4) is 0 Å². The van der Waals surface area contributed by atoms with E-state index in [2.05, 4.69) is 5.32 Å². The fourth-order valence-electron chi connectivity index (χ4n) is 2.22. The summed E-state index contributed by atoms with van der Waals surface area (Å²) < 4.78 is 36.9. The van der Waals surface area contributed by atoms with Crippen molar-refractivity contribution in [2.24, 2.45) is 0 Å². The molecule has 0 saturated carbocycles. The van der Waals surface area contributed by atoms with Crippen molar-refractivity contribution < 1.29 is 17.6 Å². The quantitative estimate of drug-likeness (QED) is 0.858. The first-order chi connectivity index (χ1) is 9.72. The van der Waals surface area contributed by atoms with Gasteiger partial charge in [-0.1, -0.05) is 11.6 Å². The van der Waals surface area contributed by atoms with Gasteiger partial charge in [0.05, 0.1) is 16.0 Å². The number of anilines is 1. The summed E-state index contributed by atoms with van der Waals surface area (Å²) >= 11 is 5.57. The molecule has 21 heavy (non-hydrogen) atoms. The summed E-state index contributed by atoms with van der Waals surface area (Å²) in [6.07, 6.45) is 0. The number of carbonyl (C=O) groups is 1. The van der Waals surface area contributed by atoms with E-state index >= 15 is 0 Å². The molecule has 2 amide bonds. The maximum absolute atomic E-state index is 13.3. The SMILES string of the molecule is C[C@@H]1[C@H](C)N(C(=O)Nc2ccc(Cl)c(F)c2)CCS1(=O)=O. The van der Waals surface area contributed by atoms with Crippen LogP contribution in [-0.4, -0.2) is 42.9 Å². The molecule has 1 fully saturated rings. The zero-order chi connectivity index (χ0) is 15.8. The summed E-state index contributed by atoms with van der Waals surface area (Å²) in [6, 6.07) is 3.05. The smallest absolute Gasteiger partial charge is 0.320 e. The summed E-state index contributed by atoms with van der Waals surface area (Å²) in [6.45, 7) is 3.39. The van der Waals surface area contributed by atoms with Gasteiger partial charge in [0, 0.05) is 18.3 Å². The Hall–Kier alpha value is -1.34. The van der Waals surface area contributed by atoms with Gasteiger partial charge >= 0.3 is 6.03 Å². The van der Waals surface area contributed by atoms with E-state index in [1.165, 1.54) is 17.0 Å². The standard InChI is InChI=1S/C13H16ClFN2O3S/c1-8-9(2)21(19,20)6-5-17(8)13(18)16-10-3-4-11(14)12(15)7-10/h3-4,7-9H,5-6H2,1-2H3,(H,16,18)/t8-,9+/m0/s1. The second-order valence-corrected chi connectivity index (χ2v) is 7.95. The van der Waals surface area contributed by atoms with E-state index in [-0.39, 0.29) is 23.0 Å². The van der Waals surface area contributed by atoms with Gasteiger partial charge in [-0.25, -0.2) is 17.6 Å². The molecule has 1 heterocycles. The predicted octanol–water partition coefficient (Wildman–Crippen LogP) is 2.52. The highest BCUT2D eigenvalue weighted by molar-refractivity contribution is 7.92. The van der Waals surface area contributed by atoms with Gasteiger partial charge < -0.3 is 10.2 Å². The van der Waals surface area contributed by atoms with Gasteiger partial charge in [-0.05, 0) is 32.0 Å². The Bertz CT molecular complexity index is 665. The van der Waals surface area contributed by atoms with Crippen LogP contribution in [0.2, 0.25) is 5.02 Å². The summed E-state index contributed by atoms with van der Waals surface area (Å²) in [7, 11) is -3.16. The van der Waals surface area contributed by atoms with Crippen molar-refractivity contribution in [2.45, 2.75) is 25.1 Å². The molecule has 0 radical (unpaired) electrons. The van der Waals surface area contributed by atoms with E-state index in [4.69, 9.17) is 11.6 Å². The Labute approximate surface area is 128 Å². The van der Waals surface area contributed by atoms with E-state index in [1.54, 1.807) is 13.8 Å². The topological polar surface area (TPSA) is 66.5 Å². The van der Waals surface area contributed by atoms with Crippen LogP contribution in [0.25, 0.3) is 0 Å². The second kappa shape index (κ2) is 5.81. The van der Waals surface area contributed by atoms with Crippen molar-refractivity contribution in [3.8, 4) is 0 Å². The number of benzene rings is 1. The molecule has 116 valence electrons. The van der Waals surface area contributed by atoms with Crippen LogP contribution < -0.4 is 5.32 Å². The second-order valence-electron chi connectivity index (χ2n) is 5.07. The van der Waals surface area contributed by atoms with Gasteiger partial charge in [-0.15, -0.1) is 0 Å². The molecule has 0 aromatic heterocycles. The molecule has 5 nitrogen and oxygen atoms in total. The molecule has 1 aromatic rings. The highest BCUT2D eigenvalue weighted by atomic mass is 35.5. The third-order valence-corrected chi connectivity index (χ3v) is 6.37. The lowest BCUT2D eigenvalue weighted by Crippen LogP contribution is -2.55. The molecule has 1 aliphatic heterocycles. The molecule has 2 atom stereocenters. The van der Waals surface area contributed by atoms with Gasteiger partial charge in [0.25, 0.3) is 0 Å². The maximum atomic E-state index is 13.3. The third kappa shape index (κ3) is 3.29. The molecule has 1 N–H and O–H groups in total. The first-order valence-corrected chi connectivity index (χ1v) is 8.56.